The van der Waals surface area contributed by atoms with Crippen LogP contribution in [-0.4, -0.2) is 46.7 Å². The van der Waals surface area contributed by atoms with Gasteiger partial charge < -0.3 is 25.2 Å². The number of carbonyl (C=O) groups is 1. The fourth-order valence-electron chi connectivity index (χ4n) is 4.02. The number of aliphatic hydroxyl groups is 2. The van der Waals surface area contributed by atoms with Gasteiger partial charge in [-0.1, -0.05) is 0 Å². The number of nitrogens with one attached hydrogen (secondary N) is 1. The number of benzene rings is 2. The maximum Gasteiger partial charge on any atom is 0.573 e. The first-order valence-electron chi connectivity index (χ1n) is 11.4. The molecule has 37 heavy (non-hydrogen) atoms. The van der Waals surface area contributed by atoms with E-state index in [0.717, 1.165) is 12.1 Å². The topological polar surface area (TPSA) is 94.9 Å². The summed E-state index contributed by atoms with van der Waals surface area (Å²) in [7, 11) is 0. The molecule has 3 N–H and O–H groups in total. The molecule has 1 fully saturated rings. The SMILES string of the molecule is CC(C)(O)c1cc(F)cc(-c2cc(C(=O)Nc3ccc(OC(F)(F)F)cc3)cnc2N2CCC(O)C2)c1. The summed E-state index contributed by atoms with van der Waals surface area (Å²) in [6.45, 7) is 3.87. The van der Waals surface area contributed by atoms with E-state index in [-0.39, 0.29) is 11.3 Å². The molecule has 7 nitrogen and oxygen atoms in total. The van der Waals surface area contributed by atoms with Crippen molar-refractivity contribution in [2.45, 2.75) is 38.3 Å². The van der Waals surface area contributed by atoms with Crippen molar-refractivity contribution in [2.75, 3.05) is 23.3 Å². The highest BCUT2D eigenvalue weighted by molar-refractivity contribution is 6.05. The third kappa shape index (κ3) is 6.55. The highest BCUT2D eigenvalue weighted by Gasteiger charge is 2.31. The molecule has 196 valence electrons. The van der Waals surface area contributed by atoms with Gasteiger partial charge in [0.1, 0.15) is 17.4 Å². The zero-order chi connectivity index (χ0) is 27.0. The molecule has 4 rings (SSSR count). The van der Waals surface area contributed by atoms with E-state index in [1.165, 1.54) is 50.4 Å². The van der Waals surface area contributed by atoms with Crippen LogP contribution in [0, 0.1) is 5.82 Å². The predicted molar refractivity (Wildman–Crippen MR) is 129 cm³/mol. The summed E-state index contributed by atoms with van der Waals surface area (Å²) in [4.78, 5) is 19.2. The average molecular weight is 519 g/mol. The molecule has 1 amide bonds. The monoisotopic (exact) mass is 519 g/mol. The Hall–Kier alpha value is -3.70. The maximum absolute atomic E-state index is 14.6. The molecule has 1 unspecified atom stereocenters. The summed E-state index contributed by atoms with van der Waals surface area (Å²) in [6.07, 6.45) is -3.53. The van der Waals surface area contributed by atoms with E-state index in [1.807, 2.05) is 4.90 Å². The van der Waals surface area contributed by atoms with Crippen molar-refractivity contribution in [3.05, 3.63) is 71.7 Å². The highest BCUT2D eigenvalue weighted by Crippen LogP contribution is 2.35. The number of hydrogen-bond acceptors (Lipinski definition) is 6. The second-order valence-electron chi connectivity index (χ2n) is 9.30. The smallest absolute Gasteiger partial charge is 0.406 e. The first-order valence-corrected chi connectivity index (χ1v) is 11.4. The summed E-state index contributed by atoms with van der Waals surface area (Å²) in [5.74, 6) is -1.17. The fraction of sp³-hybridized carbons (Fsp3) is 0.308. The van der Waals surface area contributed by atoms with Crippen LogP contribution >= 0.6 is 0 Å². The first kappa shape index (κ1) is 26.4. The molecule has 0 radical (unpaired) electrons. The van der Waals surface area contributed by atoms with Crippen LogP contribution in [0.1, 0.15) is 36.2 Å². The van der Waals surface area contributed by atoms with Crippen LogP contribution in [0.5, 0.6) is 5.75 Å². The summed E-state index contributed by atoms with van der Waals surface area (Å²) < 4.78 is 55.5. The molecule has 2 heterocycles. The van der Waals surface area contributed by atoms with E-state index >= 15 is 0 Å². The lowest BCUT2D eigenvalue weighted by atomic mass is 9.93. The van der Waals surface area contributed by atoms with Gasteiger partial charge >= 0.3 is 6.36 Å². The standard InChI is InChI=1S/C26H25F4N3O4/c1-25(2,36)17-9-15(10-18(27)12-17)22-11-16(13-31-23(22)33-8-7-20(34)14-33)24(35)32-19-3-5-21(6-4-19)37-26(28,29)30/h3-6,9-13,20,34,36H,7-8,14H2,1-2H3,(H,32,35). The number of pyridine rings is 1. The number of rotatable bonds is 6. The van der Waals surface area contributed by atoms with Gasteiger partial charge in [0.05, 0.1) is 17.3 Å². The van der Waals surface area contributed by atoms with Gasteiger partial charge in [-0.15, -0.1) is 13.2 Å². The molecule has 1 aliphatic heterocycles. The minimum Gasteiger partial charge on any atom is -0.406 e. The lowest BCUT2D eigenvalue weighted by molar-refractivity contribution is -0.274. The minimum absolute atomic E-state index is 0.114. The second-order valence-corrected chi connectivity index (χ2v) is 9.30. The molecule has 1 saturated heterocycles. The molecule has 0 saturated carbocycles. The Morgan fingerprint density at radius 3 is 2.43 bits per heavy atom. The van der Waals surface area contributed by atoms with E-state index in [2.05, 4.69) is 15.0 Å². The number of ether oxygens (including phenoxy) is 1. The van der Waals surface area contributed by atoms with Crippen LogP contribution in [0.3, 0.4) is 0 Å². The maximum atomic E-state index is 14.6. The average Bonchev–Trinajstić information content (AvgIpc) is 3.24. The second kappa shape index (κ2) is 9.98. The number of aliphatic hydroxyl groups excluding tert-OH is 1. The van der Waals surface area contributed by atoms with Crippen LogP contribution in [0.2, 0.25) is 0 Å². The normalized spacial score (nSPS) is 16.1. The van der Waals surface area contributed by atoms with Crippen LogP contribution in [0.15, 0.2) is 54.7 Å². The number of aromatic nitrogens is 1. The number of hydrogen-bond donors (Lipinski definition) is 3. The molecular formula is C26H25F4N3O4. The molecule has 1 atom stereocenters. The van der Waals surface area contributed by atoms with E-state index in [4.69, 9.17) is 0 Å². The number of halogens is 4. The Bertz CT molecular complexity index is 1290. The molecule has 0 bridgehead atoms. The zero-order valence-corrected chi connectivity index (χ0v) is 20.0. The Morgan fingerprint density at radius 2 is 1.84 bits per heavy atom. The number of amides is 1. The van der Waals surface area contributed by atoms with Crippen LogP contribution < -0.4 is 15.0 Å². The zero-order valence-electron chi connectivity index (χ0n) is 20.0. The third-order valence-electron chi connectivity index (χ3n) is 5.85. The lowest BCUT2D eigenvalue weighted by Crippen LogP contribution is -2.23. The van der Waals surface area contributed by atoms with E-state index < -0.39 is 35.5 Å². The van der Waals surface area contributed by atoms with Gasteiger partial charge in [-0.2, -0.15) is 0 Å². The number of alkyl halides is 3. The van der Waals surface area contributed by atoms with E-state index in [9.17, 15) is 32.6 Å². The van der Waals surface area contributed by atoms with E-state index in [1.54, 1.807) is 6.07 Å². The molecule has 1 aromatic heterocycles. The van der Waals surface area contributed by atoms with Crippen LogP contribution in [0.25, 0.3) is 11.1 Å². The number of β-amino-alcohol motifs (C(OH)–C–C–N with tert-alkyl or cyclic N) is 1. The number of carbonyl (C=O) groups excluding carboxylic acids is 1. The molecule has 11 heteroatoms. The van der Waals surface area contributed by atoms with Crippen molar-refractivity contribution in [3.63, 3.8) is 0 Å². The fourth-order valence-corrected chi connectivity index (χ4v) is 4.02. The van der Waals surface area contributed by atoms with Gasteiger partial charge in [0.25, 0.3) is 5.91 Å². The van der Waals surface area contributed by atoms with Gasteiger partial charge in [0.2, 0.25) is 0 Å². The van der Waals surface area contributed by atoms with Crippen molar-refractivity contribution in [1.29, 1.82) is 0 Å². The van der Waals surface area contributed by atoms with Gasteiger partial charge in [-0.3, -0.25) is 4.79 Å². The molecular weight excluding hydrogens is 494 g/mol. The Labute approximate surface area is 210 Å². The van der Waals surface area contributed by atoms with E-state index in [0.29, 0.717) is 42.0 Å². The van der Waals surface area contributed by atoms with Crippen molar-refractivity contribution in [2.24, 2.45) is 0 Å². The van der Waals surface area contributed by atoms with Gasteiger partial charge in [0.15, 0.2) is 0 Å². The van der Waals surface area contributed by atoms with Gasteiger partial charge in [0, 0.05) is 30.5 Å². The molecule has 1 aliphatic rings. The predicted octanol–water partition coefficient (Wildman–Crippen LogP) is 4.84. The third-order valence-corrected chi connectivity index (χ3v) is 5.85. The van der Waals surface area contributed by atoms with Crippen molar-refractivity contribution in [1.82, 2.24) is 4.98 Å². The molecule has 0 aliphatic carbocycles. The van der Waals surface area contributed by atoms with Crippen LogP contribution in [0.4, 0.5) is 29.1 Å². The molecule has 0 spiro atoms. The number of nitrogens with zero attached hydrogens (tertiary/aromatic N) is 2. The van der Waals surface area contributed by atoms with Crippen molar-refractivity contribution >= 4 is 17.4 Å². The van der Waals surface area contributed by atoms with Crippen molar-refractivity contribution in [3.8, 4) is 16.9 Å². The summed E-state index contributed by atoms with van der Waals surface area (Å²) in [6, 6.07) is 10.3. The highest BCUT2D eigenvalue weighted by atomic mass is 19.4. The van der Waals surface area contributed by atoms with Gasteiger partial charge in [-0.25, -0.2) is 9.37 Å². The Morgan fingerprint density at radius 1 is 1.14 bits per heavy atom. The summed E-state index contributed by atoms with van der Waals surface area (Å²) in [5, 5.41) is 23.0. The lowest BCUT2D eigenvalue weighted by Gasteiger charge is -2.23. The largest absolute Gasteiger partial charge is 0.573 e. The number of anilines is 2. The molecule has 3 aromatic rings. The molecule has 2 aromatic carbocycles. The Balaban J connectivity index is 1.68. The van der Waals surface area contributed by atoms with Crippen LogP contribution in [-0.2, 0) is 5.60 Å². The summed E-state index contributed by atoms with van der Waals surface area (Å²) >= 11 is 0. The minimum atomic E-state index is -4.83. The first-order chi connectivity index (χ1) is 17.3. The van der Waals surface area contributed by atoms with Gasteiger partial charge in [-0.05, 0) is 79.9 Å². The van der Waals surface area contributed by atoms with Crippen molar-refractivity contribution < 1.29 is 37.3 Å². The Kier molecular flexibility index (Phi) is 7.11. The quantitative estimate of drug-likeness (QED) is 0.404. The summed E-state index contributed by atoms with van der Waals surface area (Å²) in [5.41, 5.74) is 0.132.